The van der Waals surface area contributed by atoms with Crippen LogP contribution in [0.4, 0.5) is 0 Å². The summed E-state index contributed by atoms with van der Waals surface area (Å²) >= 11 is 0. The number of hydrogen-bond acceptors (Lipinski definition) is 0. The molecule has 0 unspecified atom stereocenters. The third-order valence-corrected chi connectivity index (χ3v) is 0. The standard InChI is InChI=1S/Bi.Nb.H2O.Ti.3H/h;;1H2;;;;. The van der Waals surface area contributed by atoms with Gasteiger partial charge in [0.2, 0.25) is 0 Å². The predicted molar refractivity (Wildman–Crippen MR) is 13.6 cm³/mol. The normalized spacial score (nSPS) is 0. The maximum atomic E-state index is 0. The van der Waals surface area contributed by atoms with E-state index < -0.39 is 0 Å². The van der Waals surface area contributed by atoms with Crippen LogP contribution in [0.15, 0.2) is 0 Å². The fourth-order valence-corrected chi connectivity index (χ4v) is 0. The van der Waals surface area contributed by atoms with Crippen molar-refractivity contribution in [1.29, 1.82) is 0 Å². The smallest absolute Gasteiger partial charge is 0 e. The number of rotatable bonds is 0. The molecule has 0 rings (SSSR count). The molecule has 4 heavy (non-hydrogen) atoms. The van der Waals surface area contributed by atoms with Gasteiger partial charge in [0.05, 0.1) is 0 Å². The Balaban J connectivity index is 0. The molecule has 1 radical (unpaired) electrons. The maximum Gasteiger partial charge on any atom is 0 e. The molecule has 0 heterocycles. The quantitative estimate of drug-likeness (QED) is 0.441. The summed E-state index contributed by atoms with van der Waals surface area (Å²) < 4.78 is 0. The molecule has 0 fully saturated rings. The van der Waals surface area contributed by atoms with Crippen molar-refractivity contribution in [1.82, 2.24) is 0 Å². The Kier molecular flexibility index (Phi) is 155. The molecular formula is H5BiNbOTi. The molecule has 0 saturated carbocycles. The van der Waals surface area contributed by atoms with E-state index in [0.717, 1.165) is 0 Å². The topological polar surface area (TPSA) is 31.5 Å². The minimum atomic E-state index is 0. The summed E-state index contributed by atoms with van der Waals surface area (Å²) in [6, 6.07) is 0. The van der Waals surface area contributed by atoms with Crippen LogP contribution in [0.3, 0.4) is 0 Å². The zero-order valence-electron chi connectivity index (χ0n) is 2.15. The molecule has 0 aromatic carbocycles. The van der Waals surface area contributed by atoms with Gasteiger partial charge in [0.15, 0.2) is 0 Å². The van der Waals surface area contributed by atoms with E-state index in [1.54, 1.807) is 0 Å². The van der Waals surface area contributed by atoms with Gasteiger partial charge in [-0.3, -0.25) is 0 Å². The summed E-state index contributed by atoms with van der Waals surface area (Å²) in [5.41, 5.74) is 0. The minimum absolute atomic E-state index is 0. The average molecular weight is 371 g/mol. The Labute approximate surface area is 74.7 Å². The van der Waals surface area contributed by atoms with Crippen molar-refractivity contribution in [2.24, 2.45) is 0 Å². The molecule has 4 heteroatoms. The van der Waals surface area contributed by atoms with E-state index in [-0.39, 0.29) is 75.8 Å². The molecule has 0 aromatic heterocycles. The molecule has 1 nitrogen and oxygen atoms in total. The van der Waals surface area contributed by atoms with E-state index in [1.165, 1.54) is 0 Å². The third-order valence-electron chi connectivity index (χ3n) is 0. The molecule has 0 amide bonds. The van der Waals surface area contributed by atoms with Crippen LogP contribution >= 0.6 is 0 Å². The van der Waals surface area contributed by atoms with Crippen LogP contribution in [0.5, 0.6) is 0 Å². The fourth-order valence-electron chi connectivity index (χ4n) is 0. The van der Waals surface area contributed by atoms with Crippen LogP contribution in [-0.2, 0) is 44.1 Å². The van der Waals surface area contributed by atoms with Crippen molar-refractivity contribution in [3.05, 3.63) is 0 Å². The van der Waals surface area contributed by atoms with Gasteiger partial charge in [-0.15, -0.1) is 0 Å². The van der Waals surface area contributed by atoms with E-state index in [1.807, 2.05) is 0 Å². The summed E-state index contributed by atoms with van der Waals surface area (Å²) in [5, 5.41) is 0. The van der Waals surface area contributed by atoms with Crippen LogP contribution in [-0.4, -0.2) is 31.7 Å². The maximum absolute atomic E-state index is 0. The van der Waals surface area contributed by atoms with Gasteiger partial charge in [-0.2, -0.15) is 0 Å². The first kappa shape index (κ1) is 33.5. The molecular weight excluding hydrogens is 366 g/mol. The Morgan fingerprint density at radius 3 is 1.00 bits per heavy atom. The Morgan fingerprint density at radius 1 is 1.00 bits per heavy atom. The van der Waals surface area contributed by atoms with Gasteiger partial charge in [0, 0.05) is 44.1 Å². The van der Waals surface area contributed by atoms with Crippen molar-refractivity contribution >= 4 is 26.2 Å². The van der Waals surface area contributed by atoms with Crippen LogP contribution in [0.25, 0.3) is 0 Å². The second kappa shape index (κ2) is 18.5. The summed E-state index contributed by atoms with van der Waals surface area (Å²) in [6.07, 6.45) is 0. The molecule has 0 saturated heterocycles. The molecule has 0 spiro atoms. The second-order valence-electron chi connectivity index (χ2n) is 0. The zero-order valence-corrected chi connectivity index (χ0v) is 11.4. The monoisotopic (exact) mass is 371 g/mol. The predicted octanol–water partition coefficient (Wildman–Crippen LogP) is -2.01. The van der Waals surface area contributed by atoms with Crippen LogP contribution in [0.2, 0.25) is 0 Å². The Bertz CT molecular complexity index is 8.00. The molecule has 0 aliphatic carbocycles. The van der Waals surface area contributed by atoms with Crippen molar-refractivity contribution < 1.29 is 49.6 Å². The summed E-state index contributed by atoms with van der Waals surface area (Å²) in [5.74, 6) is 0. The van der Waals surface area contributed by atoms with Crippen LogP contribution in [0, 0.1) is 0 Å². The first-order chi connectivity index (χ1) is 0. The zero-order chi connectivity index (χ0) is 0. The number of hydrogen-bond donors (Lipinski definition) is 0. The minimum Gasteiger partial charge on any atom is 0 e. The van der Waals surface area contributed by atoms with E-state index in [4.69, 9.17) is 0 Å². The largest absolute Gasteiger partial charge is 0 e. The Morgan fingerprint density at radius 2 is 1.00 bits per heavy atom. The first-order valence-corrected chi connectivity index (χ1v) is 0. The SMILES string of the molecule is O.[BiH3].[Nb].[Ti]. The van der Waals surface area contributed by atoms with Gasteiger partial charge < -0.3 is 5.48 Å². The third kappa shape index (κ3) is 8.85. The van der Waals surface area contributed by atoms with E-state index in [2.05, 4.69) is 0 Å². The summed E-state index contributed by atoms with van der Waals surface area (Å²) in [6.45, 7) is 0. The second-order valence-corrected chi connectivity index (χ2v) is 0. The van der Waals surface area contributed by atoms with Gasteiger partial charge in [-0.1, -0.05) is 0 Å². The molecule has 0 atom stereocenters. The van der Waals surface area contributed by atoms with Crippen molar-refractivity contribution in [2.75, 3.05) is 0 Å². The summed E-state index contributed by atoms with van der Waals surface area (Å²) in [4.78, 5) is 0. The molecule has 0 aliphatic rings. The van der Waals surface area contributed by atoms with Crippen LogP contribution in [0.1, 0.15) is 0 Å². The van der Waals surface area contributed by atoms with E-state index >= 15 is 0 Å². The van der Waals surface area contributed by atoms with Crippen molar-refractivity contribution in [2.45, 2.75) is 0 Å². The van der Waals surface area contributed by atoms with Gasteiger partial charge in [0.1, 0.15) is 0 Å². The van der Waals surface area contributed by atoms with Crippen molar-refractivity contribution in [3.8, 4) is 0 Å². The van der Waals surface area contributed by atoms with Gasteiger partial charge in [0.25, 0.3) is 0 Å². The van der Waals surface area contributed by atoms with Gasteiger partial charge in [-0.25, -0.2) is 0 Å². The average Bonchev–Trinajstić information content (AvgIpc) is 0. The molecule has 0 bridgehead atoms. The van der Waals surface area contributed by atoms with Crippen LogP contribution < -0.4 is 0 Å². The van der Waals surface area contributed by atoms with Gasteiger partial charge >= 0.3 is 26.2 Å². The molecule has 2 N–H and O–H groups in total. The molecule has 25 valence electrons. The first-order valence-electron chi connectivity index (χ1n) is 0. The van der Waals surface area contributed by atoms with E-state index in [9.17, 15) is 0 Å². The van der Waals surface area contributed by atoms with Crippen molar-refractivity contribution in [3.63, 3.8) is 0 Å². The van der Waals surface area contributed by atoms with Gasteiger partial charge in [-0.05, 0) is 0 Å². The Hall–Kier alpha value is 2.30. The molecule has 0 aromatic rings. The fraction of sp³-hybridized carbons (Fsp3) is 0. The van der Waals surface area contributed by atoms with E-state index in [0.29, 0.717) is 0 Å². The molecule has 0 aliphatic heterocycles. The summed E-state index contributed by atoms with van der Waals surface area (Å²) in [7, 11) is 0.